The number of hydrogen-bond acceptors (Lipinski definition) is 2. The SMILES string of the molecule is CC1(C)COC/C1=C\CN. The molecule has 0 aromatic heterocycles. The first-order valence-corrected chi connectivity index (χ1v) is 3.64. The highest BCUT2D eigenvalue weighted by molar-refractivity contribution is 5.16. The molecule has 0 atom stereocenters. The van der Waals surface area contributed by atoms with Crippen molar-refractivity contribution in [1.29, 1.82) is 0 Å². The summed E-state index contributed by atoms with van der Waals surface area (Å²) in [7, 11) is 0. The fourth-order valence-electron chi connectivity index (χ4n) is 1.18. The Kier molecular flexibility index (Phi) is 2.11. The lowest BCUT2D eigenvalue weighted by molar-refractivity contribution is 0.167. The van der Waals surface area contributed by atoms with Crippen LogP contribution in [0.15, 0.2) is 11.6 Å². The van der Waals surface area contributed by atoms with Gasteiger partial charge in [0, 0.05) is 12.0 Å². The molecule has 1 fully saturated rings. The van der Waals surface area contributed by atoms with Crippen LogP contribution in [0.25, 0.3) is 0 Å². The second-order valence-corrected chi connectivity index (χ2v) is 3.34. The third kappa shape index (κ3) is 1.39. The molecule has 0 unspecified atom stereocenters. The molecule has 1 heterocycles. The third-order valence-electron chi connectivity index (χ3n) is 1.95. The molecule has 2 heteroatoms. The van der Waals surface area contributed by atoms with Crippen LogP contribution in [0.1, 0.15) is 13.8 Å². The van der Waals surface area contributed by atoms with E-state index in [4.69, 9.17) is 10.5 Å². The molecular formula is C8H15NO. The number of hydrogen-bond donors (Lipinski definition) is 1. The molecule has 10 heavy (non-hydrogen) atoms. The second-order valence-electron chi connectivity index (χ2n) is 3.34. The Morgan fingerprint density at radius 2 is 2.40 bits per heavy atom. The molecule has 58 valence electrons. The molecule has 0 radical (unpaired) electrons. The maximum absolute atomic E-state index is 5.40. The van der Waals surface area contributed by atoms with Gasteiger partial charge in [-0.05, 0) is 5.57 Å². The largest absolute Gasteiger partial charge is 0.376 e. The fraction of sp³-hybridized carbons (Fsp3) is 0.750. The van der Waals surface area contributed by atoms with Crippen molar-refractivity contribution >= 4 is 0 Å². The van der Waals surface area contributed by atoms with Gasteiger partial charge in [0.1, 0.15) is 0 Å². The van der Waals surface area contributed by atoms with Crippen molar-refractivity contribution in [3.63, 3.8) is 0 Å². The average Bonchev–Trinajstić information content (AvgIpc) is 2.13. The molecule has 0 aromatic rings. The summed E-state index contributed by atoms with van der Waals surface area (Å²) in [5, 5.41) is 0. The number of rotatable bonds is 1. The van der Waals surface area contributed by atoms with Crippen molar-refractivity contribution in [1.82, 2.24) is 0 Å². The first-order chi connectivity index (χ1) is 4.67. The predicted octanol–water partition coefficient (Wildman–Crippen LogP) is 0.928. The molecular weight excluding hydrogens is 126 g/mol. The second kappa shape index (κ2) is 2.72. The first kappa shape index (κ1) is 7.76. The molecule has 0 spiro atoms. The summed E-state index contributed by atoms with van der Waals surface area (Å²) in [6, 6.07) is 0. The summed E-state index contributed by atoms with van der Waals surface area (Å²) in [6.07, 6.45) is 2.06. The lowest BCUT2D eigenvalue weighted by atomic mass is 9.87. The molecule has 0 saturated carbocycles. The zero-order chi connectivity index (χ0) is 7.61. The average molecular weight is 141 g/mol. The van der Waals surface area contributed by atoms with Crippen LogP contribution in [0.3, 0.4) is 0 Å². The van der Waals surface area contributed by atoms with Crippen LogP contribution in [0.2, 0.25) is 0 Å². The van der Waals surface area contributed by atoms with Gasteiger partial charge >= 0.3 is 0 Å². The van der Waals surface area contributed by atoms with Gasteiger partial charge in [0.2, 0.25) is 0 Å². The minimum absolute atomic E-state index is 0.222. The Labute approximate surface area is 62.1 Å². The van der Waals surface area contributed by atoms with Crippen molar-refractivity contribution in [2.45, 2.75) is 13.8 Å². The van der Waals surface area contributed by atoms with Crippen molar-refractivity contribution in [2.75, 3.05) is 19.8 Å². The lowest BCUT2D eigenvalue weighted by Gasteiger charge is -2.16. The predicted molar refractivity (Wildman–Crippen MR) is 41.7 cm³/mol. The van der Waals surface area contributed by atoms with Crippen molar-refractivity contribution in [3.05, 3.63) is 11.6 Å². The highest BCUT2D eigenvalue weighted by atomic mass is 16.5. The lowest BCUT2D eigenvalue weighted by Crippen LogP contribution is -2.13. The molecule has 0 bridgehead atoms. The molecule has 0 aliphatic carbocycles. The molecule has 1 saturated heterocycles. The monoisotopic (exact) mass is 141 g/mol. The van der Waals surface area contributed by atoms with Crippen LogP contribution in [-0.4, -0.2) is 19.8 Å². The molecule has 1 rings (SSSR count). The smallest absolute Gasteiger partial charge is 0.0683 e. The molecule has 1 aliphatic heterocycles. The van der Waals surface area contributed by atoms with Crippen molar-refractivity contribution < 1.29 is 4.74 Å². The van der Waals surface area contributed by atoms with E-state index in [2.05, 4.69) is 19.9 Å². The highest BCUT2D eigenvalue weighted by Crippen LogP contribution is 2.31. The molecule has 0 amide bonds. The van der Waals surface area contributed by atoms with E-state index in [0.29, 0.717) is 6.54 Å². The molecule has 0 aromatic carbocycles. The third-order valence-corrected chi connectivity index (χ3v) is 1.95. The van der Waals surface area contributed by atoms with Crippen LogP contribution in [0.5, 0.6) is 0 Å². The molecule has 1 aliphatic rings. The van der Waals surface area contributed by atoms with E-state index >= 15 is 0 Å². The van der Waals surface area contributed by atoms with E-state index in [9.17, 15) is 0 Å². The van der Waals surface area contributed by atoms with Crippen LogP contribution in [-0.2, 0) is 4.74 Å². The summed E-state index contributed by atoms with van der Waals surface area (Å²) in [5.41, 5.74) is 6.96. The zero-order valence-corrected chi connectivity index (χ0v) is 6.68. The maximum atomic E-state index is 5.40. The van der Waals surface area contributed by atoms with Crippen molar-refractivity contribution in [3.8, 4) is 0 Å². The summed E-state index contributed by atoms with van der Waals surface area (Å²) in [6.45, 7) is 6.59. The number of ether oxygens (including phenoxy) is 1. The van der Waals surface area contributed by atoms with Gasteiger partial charge in [-0.15, -0.1) is 0 Å². The number of nitrogens with two attached hydrogens (primary N) is 1. The quantitative estimate of drug-likeness (QED) is 0.551. The highest BCUT2D eigenvalue weighted by Gasteiger charge is 2.28. The Balaban J connectivity index is 2.68. The van der Waals surface area contributed by atoms with Gasteiger partial charge in [-0.2, -0.15) is 0 Å². The van der Waals surface area contributed by atoms with E-state index in [1.807, 2.05) is 0 Å². The first-order valence-electron chi connectivity index (χ1n) is 3.64. The minimum atomic E-state index is 0.222. The van der Waals surface area contributed by atoms with Gasteiger partial charge in [0.05, 0.1) is 13.2 Å². The summed E-state index contributed by atoms with van der Waals surface area (Å²) in [5.74, 6) is 0. The van der Waals surface area contributed by atoms with Gasteiger partial charge in [-0.3, -0.25) is 0 Å². The summed E-state index contributed by atoms with van der Waals surface area (Å²) < 4.78 is 5.30. The van der Waals surface area contributed by atoms with Crippen LogP contribution in [0, 0.1) is 5.41 Å². The topological polar surface area (TPSA) is 35.2 Å². The van der Waals surface area contributed by atoms with Crippen LogP contribution < -0.4 is 5.73 Å². The van der Waals surface area contributed by atoms with Gasteiger partial charge in [0.25, 0.3) is 0 Å². The maximum Gasteiger partial charge on any atom is 0.0683 e. The Bertz CT molecular complexity index is 149. The van der Waals surface area contributed by atoms with Gasteiger partial charge in [-0.25, -0.2) is 0 Å². The molecule has 2 N–H and O–H groups in total. The van der Waals surface area contributed by atoms with Crippen LogP contribution >= 0.6 is 0 Å². The summed E-state index contributed by atoms with van der Waals surface area (Å²) in [4.78, 5) is 0. The fourth-order valence-corrected chi connectivity index (χ4v) is 1.18. The Morgan fingerprint density at radius 3 is 2.80 bits per heavy atom. The Hall–Kier alpha value is -0.340. The van der Waals surface area contributed by atoms with Gasteiger partial charge in [-0.1, -0.05) is 19.9 Å². The zero-order valence-electron chi connectivity index (χ0n) is 6.68. The Morgan fingerprint density at radius 1 is 1.70 bits per heavy atom. The normalized spacial score (nSPS) is 27.7. The van der Waals surface area contributed by atoms with E-state index in [0.717, 1.165) is 13.2 Å². The van der Waals surface area contributed by atoms with E-state index in [-0.39, 0.29) is 5.41 Å². The van der Waals surface area contributed by atoms with E-state index < -0.39 is 0 Å². The van der Waals surface area contributed by atoms with Crippen molar-refractivity contribution in [2.24, 2.45) is 11.1 Å². The summed E-state index contributed by atoms with van der Waals surface area (Å²) >= 11 is 0. The minimum Gasteiger partial charge on any atom is -0.376 e. The van der Waals surface area contributed by atoms with Gasteiger partial charge < -0.3 is 10.5 Å². The standard InChI is InChI=1S/C8H15NO/c1-8(2)6-10-5-7(8)3-4-9/h3H,4-6,9H2,1-2H3/b7-3+. The van der Waals surface area contributed by atoms with Crippen LogP contribution in [0.4, 0.5) is 0 Å². The van der Waals surface area contributed by atoms with E-state index in [1.165, 1.54) is 5.57 Å². The van der Waals surface area contributed by atoms with Gasteiger partial charge in [0.15, 0.2) is 0 Å². The molecule has 2 nitrogen and oxygen atoms in total. The van der Waals surface area contributed by atoms with E-state index in [1.54, 1.807) is 0 Å².